The third-order valence-electron chi connectivity index (χ3n) is 3.43. The van der Waals surface area contributed by atoms with Gasteiger partial charge in [-0.25, -0.2) is 0 Å². The molecule has 1 unspecified atom stereocenters. The van der Waals surface area contributed by atoms with Crippen molar-refractivity contribution in [1.29, 1.82) is 0 Å². The summed E-state index contributed by atoms with van der Waals surface area (Å²) in [5.41, 5.74) is 1.06. The third-order valence-corrected chi connectivity index (χ3v) is 4.51. The number of halogens is 1. The highest BCUT2D eigenvalue weighted by Gasteiger charge is 2.21. The highest BCUT2D eigenvalue weighted by molar-refractivity contribution is 9.09. The minimum atomic E-state index is -0.288. The zero-order valence-electron chi connectivity index (χ0n) is 11.6. The second-order valence-electron chi connectivity index (χ2n) is 4.94. The first-order valence-corrected chi connectivity index (χ1v) is 7.88. The quantitative estimate of drug-likeness (QED) is 0.378. The van der Waals surface area contributed by atoms with Gasteiger partial charge >= 0.3 is 0 Å². The summed E-state index contributed by atoms with van der Waals surface area (Å²) in [6.07, 6.45) is 5.38. The van der Waals surface area contributed by atoms with E-state index >= 15 is 0 Å². The van der Waals surface area contributed by atoms with Crippen LogP contribution < -0.4 is 0 Å². The van der Waals surface area contributed by atoms with Gasteiger partial charge in [0.1, 0.15) is 0 Å². The van der Waals surface area contributed by atoms with Gasteiger partial charge in [0, 0.05) is 16.5 Å². The average molecular weight is 328 g/mol. The van der Waals surface area contributed by atoms with Crippen molar-refractivity contribution in [3.63, 3.8) is 0 Å². The number of hydrogen-bond donors (Lipinski definition) is 0. The standard InChI is InChI=1S/C15H22BrNO2/c1-3-7-12(8-4-2)14(16)11-13-9-5-6-10-15(13)17(18)19/h5-6,9-10,12,14H,3-4,7-8,11H2,1-2H3. The molecule has 19 heavy (non-hydrogen) atoms. The van der Waals surface area contributed by atoms with Gasteiger partial charge in [0.2, 0.25) is 0 Å². The summed E-state index contributed by atoms with van der Waals surface area (Å²) in [7, 11) is 0. The Hall–Kier alpha value is -0.900. The number of nitrogens with zero attached hydrogens (tertiary/aromatic N) is 1. The number of rotatable bonds is 8. The van der Waals surface area contributed by atoms with Gasteiger partial charge in [-0.1, -0.05) is 60.8 Å². The first kappa shape index (κ1) is 16.2. The summed E-state index contributed by atoms with van der Waals surface area (Å²) in [5.74, 6) is 0.592. The van der Waals surface area contributed by atoms with Crippen LogP contribution in [0.25, 0.3) is 0 Å². The van der Waals surface area contributed by atoms with E-state index in [1.807, 2.05) is 12.1 Å². The highest BCUT2D eigenvalue weighted by Crippen LogP contribution is 2.29. The Labute approximate surface area is 123 Å². The van der Waals surface area contributed by atoms with Crippen LogP contribution >= 0.6 is 15.9 Å². The topological polar surface area (TPSA) is 43.1 Å². The van der Waals surface area contributed by atoms with E-state index in [2.05, 4.69) is 29.8 Å². The van der Waals surface area contributed by atoms with Crippen LogP contribution in [-0.4, -0.2) is 9.75 Å². The molecule has 0 N–H and O–H groups in total. The minimum absolute atomic E-state index is 0.235. The van der Waals surface area contributed by atoms with Gasteiger partial charge in [-0.2, -0.15) is 0 Å². The molecule has 4 heteroatoms. The van der Waals surface area contributed by atoms with Crippen LogP contribution in [0.1, 0.15) is 45.1 Å². The Morgan fingerprint density at radius 2 is 1.79 bits per heavy atom. The fourth-order valence-electron chi connectivity index (χ4n) is 2.49. The molecule has 0 saturated heterocycles. The Morgan fingerprint density at radius 3 is 2.32 bits per heavy atom. The van der Waals surface area contributed by atoms with Gasteiger partial charge < -0.3 is 0 Å². The molecule has 0 aromatic heterocycles. The molecular weight excluding hydrogens is 306 g/mol. The van der Waals surface area contributed by atoms with Gasteiger partial charge in [0.25, 0.3) is 5.69 Å². The molecule has 0 amide bonds. The first-order valence-electron chi connectivity index (χ1n) is 6.96. The molecule has 0 spiro atoms. The molecule has 0 aliphatic heterocycles. The van der Waals surface area contributed by atoms with E-state index in [4.69, 9.17) is 0 Å². The van der Waals surface area contributed by atoms with Crippen molar-refractivity contribution in [2.24, 2.45) is 5.92 Å². The van der Waals surface area contributed by atoms with Crippen LogP contribution in [0.15, 0.2) is 24.3 Å². The van der Waals surface area contributed by atoms with Crippen LogP contribution in [0.2, 0.25) is 0 Å². The second-order valence-corrected chi connectivity index (χ2v) is 6.12. The lowest BCUT2D eigenvalue weighted by atomic mass is 9.91. The third kappa shape index (κ3) is 4.94. The van der Waals surface area contributed by atoms with E-state index in [1.54, 1.807) is 12.1 Å². The molecule has 0 fully saturated rings. The van der Waals surface area contributed by atoms with Crippen LogP contribution in [0.4, 0.5) is 5.69 Å². The molecule has 106 valence electrons. The molecular formula is C15H22BrNO2. The SMILES string of the molecule is CCCC(CCC)C(Br)Cc1ccccc1[N+](=O)[O-]. The molecule has 1 aromatic rings. The number of hydrogen-bond acceptors (Lipinski definition) is 2. The molecule has 0 aliphatic rings. The molecule has 1 aromatic carbocycles. The fraction of sp³-hybridized carbons (Fsp3) is 0.600. The maximum absolute atomic E-state index is 11.0. The maximum atomic E-state index is 11.0. The monoisotopic (exact) mass is 327 g/mol. The normalized spacial score (nSPS) is 12.6. The maximum Gasteiger partial charge on any atom is 0.272 e. The van der Waals surface area contributed by atoms with Gasteiger partial charge in [-0.05, 0) is 25.2 Å². The van der Waals surface area contributed by atoms with Gasteiger partial charge in [0.05, 0.1) is 4.92 Å². The summed E-state index contributed by atoms with van der Waals surface area (Å²) in [4.78, 5) is 11.0. The zero-order chi connectivity index (χ0) is 14.3. The summed E-state index contributed by atoms with van der Waals surface area (Å²) >= 11 is 3.74. The predicted octanol–water partition coefficient (Wildman–Crippen LogP) is 5.12. The lowest BCUT2D eigenvalue weighted by Crippen LogP contribution is -2.17. The van der Waals surface area contributed by atoms with Crippen molar-refractivity contribution in [3.05, 3.63) is 39.9 Å². The van der Waals surface area contributed by atoms with E-state index in [-0.39, 0.29) is 10.6 Å². The van der Waals surface area contributed by atoms with E-state index in [0.717, 1.165) is 24.8 Å². The largest absolute Gasteiger partial charge is 0.272 e. The molecule has 0 saturated carbocycles. The first-order chi connectivity index (χ1) is 9.10. The Morgan fingerprint density at radius 1 is 1.21 bits per heavy atom. The number of alkyl halides is 1. The smallest absolute Gasteiger partial charge is 0.258 e. The van der Waals surface area contributed by atoms with Crippen molar-refractivity contribution in [2.45, 2.75) is 50.8 Å². The molecule has 0 radical (unpaired) electrons. The van der Waals surface area contributed by atoms with Crippen LogP contribution in [-0.2, 0) is 6.42 Å². The lowest BCUT2D eigenvalue weighted by molar-refractivity contribution is -0.385. The molecule has 0 aliphatic carbocycles. The van der Waals surface area contributed by atoms with Crippen molar-refractivity contribution < 1.29 is 4.92 Å². The molecule has 1 atom stereocenters. The van der Waals surface area contributed by atoms with Crippen LogP contribution in [0, 0.1) is 16.0 Å². The summed E-state index contributed by atoms with van der Waals surface area (Å²) in [6, 6.07) is 7.04. The number of nitro benzene ring substituents is 1. The molecule has 1 rings (SSSR count). The van der Waals surface area contributed by atoms with Gasteiger partial charge in [-0.15, -0.1) is 0 Å². The molecule has 0 bridgehead atoms. The summed E-state index contributed by atoms with van der Waals surface area (Å²) in [6.45, 7) is 4.38. The highest BCUT2D eigenvalue weighted by atomic mass is 79.9. The average Bonchev–Trinajstić information content (AvgIpc) is 2.38. The second kappa shape index (κ2) is 8.31. The van der Waals surface area contributed by atoms with Crippen molar-refractivity contribution in [1.82, 2.24) is 0 Å². The molecule has 0 heterocycles. The predicted molar refractivity (Wildman–Crippen MR) is 82.8 cm³/mol. The van der Waals surface area contributed by atoms with Crippen LogP contribution in [0.5, 0.6) is 0 Å². The Bertz CT molecular complexity index is 403. The number of benzene rings is 1. The number of nitro groups is 1. The zero-order valence-corrected chi connectivity index (χ0v) is 13.2. The van der Waals surface area contributed by atoms with E-state index in [0.29, 0.717) is 10.7 Å². The Balaban J connectivity index is 2.79. The van der Waals surface area contributed by atoms with E-state index in [9.17, 15) is 10.1 Å². The minimum Gasteiger partial charge on any atom is -0.258 e. The van der Waals surface area contributed by atoms with Crippen molar-refractivity contribution in [2.75, 3.05) is 0 Å². The summed E-state index contributed by atoms with van der Waals surface area (Å²) < 4.78 is 0. The van der Waals surface area contributed by atoms with Crippen molar-refractivity contribution in [3.8, 4) is 0 Å². The van der Waals surface area contributed by atoms with Crippen LogP contribution in [0.3, 0.4) is 0 Å². The van der Waals surface area contributed by atoms with Gasteiger partial charge in [-0.3, -0.25) is 10.1 Å². The Kier molecular flexibility index (Phi) is 7.06. The van der Waals surface area contributed by atoms with E-state index < -0.39 is 0 Å². The molecule has 3 nitrogen and oxygen atoms in total. The fourth-order valence-corrected chi connectivity index (χ4v) is 3.36. The number of para-hydroxylation sites is 1. The lowest BCUT2D eigenvalue weighted by Gasteiger charge is -2.21. The van der Waals surface area contributed by atoms with Crippen molar-refractivity contribution >= 4 is 21.6 Å². The van der Waals surface area contributed by atoms with Gasteiger partial charge in [0.15, 0.2) is 0 Å². The summed E-state index contributed by atoms with van der Waals surface area (Å²) in [5, 5.41) is 11.0. The van der Waals surface area contributed by atoms with E-state index in [1.165, 1.54) is 12.8 Å².